The summed E-state index contributed by atoms with van der Waals surface area (Å²) in [7, 11) is 0. The van der Waals surface area contributed by atoms with Gasteiger partial charge in [0.1, 0.15) is 0 Å². The molecule has 1 aliphatic rings. The second-order valence-electron chi connectivity index (χ2n) is 4.27. The molecular weight excluding hydrogens is 242 g/mol. The van der Waals surface area contributed by atoms with E-state index in [4.69, 9.17) is 0 Å². The van der Waals surface area contributed by atoms with Gasteiger partial charge in [0, 0.05) is 5.75 Å². The molecule has 1 heterocycles. The van der Waals surface area contributed by atoms with Crippen molar-refractivity contribution in [2.24, 2.45) is 4.99 Å². The third-order valence-electron chi connectivity index (χ3n) is 2.99. The van der Waals surface area contributed by atoms with Crippen LogP contribution >= 0.6 is 11.8 Å². The monoisotopic (exact) mass is 261 g/mol. The topological polar surface area (TPSA) is 27.6 Å². The number of rotatable bonds is 4. The highest BCUT2D eigenvalue weighted by atomic mass is 32.2. The standard InChI is InChI=1S/C14H19N3S/c1-4-9-17(16-14-15-8-10-18-14)13-7-5-6-11(2)12(13)3/h4-7H,1,8-10H2,2-3H3,(H,15,16). The molecule has 1 aliphatic heterocycles. The van der Waals surface area contributed by atoms with E-state index in [9.17, 15) is 0 Å². The molecule has 3 nitrogen and oxygen atoms in total. The van der Waals surface area contributed by atoms with Crippen molar-refractivity contribution >= 4 is 22.6 Å². The Balaban J connectivity index is 2.23. The lowest BCUT2D eigenvalue weighted by atomic mass is 10.1. The summed E-state index contributed by atoms with van der Waals surface area (Å²) < 4.78 is 0. The molecule has 0 radical (unpaired) electrons. The lowest BCUT2D eigenvalue weighted by molar-refractivity contribution is 0.828. The van der Waals surface area contributed by atoms with Crippen LogP contribution in [-0.2, 0) is 0 Å². The molecule has 1 aromatic carbocycles. The average Bonchev–Trinajstić information content (AvgIpc) is 2.85. The summed E-state index contributed by atoms with van der Waals surface area (Å²) in [5, 5.41) is 3.10. The van der Waals surface area contributed by atoms with Crippen molar-refractivity contribution in [1.29, 1.82) is 0 Å². The first-order chi connectivity index (χ1) is 8.72. The summed E-state index contributed by atoms with van der Waals surface area (Å²) in [5.41, 5.74) is 7.14. The van der Waals surface area contributed by atoms with Crippen molar-refractivity contribution in [1.82, 2.24) is 5.43 Å². The number of nitrogens with zero attached hydrogens (tertiary/aromatic N) is 2. The number of anilines is 1. The summed E-state index contributed by atoms with van der Waals surface area (Å²) in [6.07, 6.45) is 1.90. The molecule has 1 aromatic rings. The Bertz CT molecular complexity index is 468. The van der Waals surface area contributed by atoms with Crippen molar-refractivity contribution in [2.75, 3.05) is 23.9 Å². The van der Waals surface area contributed by atoms with Crippen LogP contribution in [0.1, 0.15) is 11.1 Å². The van der Waals surface area contributed by atoms with Gasteiger partial charge in [-0.2, -0.15) is 0 Å². The highest BCUT2D eigenvalue weighted by Gasteiger charge is 2.13. The van der Waals surface area contributed by atoms with Gasteiger partial charge in [0.25, 0.3) is 0 Å². The van der Waals surface area contributed by atoms with E-state index in [1.54, 1.807) is 11.8 Å². The summed E-state index contributed by atoms with van der Waals surface area (Å²) in [4.78, 5) is 4.43. The summed E-state index contributed by atoms with van der Waals surface area (Å²) in [6.45, 7) is 9.76. The zero-order valence-electron chi connectivity index (χ0n) is 10.9. The number of amidine groups is 1. The SMILES string of the molecule is C=CCN(NC1=NCCS1)c1cccc(C)c1C. The van der Waals surface area contributed by atoms with Crippen molar-refractivity contribution < 1.29 is 0 Å². The van der Waals surface area contributed by atoms with Gasteiger partial charge in [-0.25, -0.2) is 0 Å². The average molecular weight is 261 g/mol. The van der Waals surface area contributed by atoms with Gasteiger partial charge in [0.2, 0.25) is 0 Å². The minimum absolute atomic E-state index is 0.754. The van der Waals surface area contributed by atoms with Gasteiger partial charge in [-0.15, -0.1) is 6.58 Å². The molecule has 0 atom stereocenters. The summed E-state index contributed by atoms with van der Waals surface area (Å²) >= 11 is 1.76. The Morgan fingerprint density at radius 1 is 1.50 bits per heavy atom. The molecule has 1 N–H and O–H groups in total. The minimum Gasteiger partial charge on any atom is -0.282 e. The van der Waals surface area contributed by atoms with Crippen LogP contribution in [0, 0.1) is 13.8 Å². The number of thioether (sulfide) groups is 1. The fraction of sp³-hybridized carbons (Fsp3) is 0.357. The molecule has 0 unspecified atom stereocenters. The van der Waals surface area contributed by atoms with Gasteiger partial charge >= 0.3 is 0 Å². The number of benzene rings is 1. The number of hydrogen-bond donors (Lipinski definition) is 1. The van der Waals surface area contributed by atoms with Crippen LogP contribution in [0.25, 0.3) is 0 Å². The van der Waals surface area contributed by atoms with Crippen LogP contribution < -0.4 is 10.4 Å². The lowest BCUT2D eigenvalue weighted by Gasteiger charge is -2.26. The fourth-order valence-electron chi connectivity index (χ4n) is 1.88. The third kappa shape index (κ3) is 2.88. The normalized spacial score (nSPS) is 14.2. The van der Waals surface area contributed by atoms with Gasteiger partial charge in [-0.05, 0) is 31.0 Å². The smallest absolute Gasteiger partial charge is 0.175 e. The van der Waals surface area contributed by atoms with Gasteiger partial charge in [0.15, 0.2) is 5.17 Å². The maximum atomic E-state index is 4.43. The predicted molar refractivity (Wildman–Crippen MR) is 81.4 cm³/mol. The highest BCUT2D eigenvalue weighted by Crippen LogP contribution is 2.22. The zero-order chi connectivity index (χ0) is 13.0. The highest BCUT2D eigenvalue weighted by molar-refractivity contribution is 8.14. The first-order valence-electron chi connectivity index (χ1n) is 6.11. The molecule has 0 spiro atoms. The van der Waals surface area contributed by atoms with Gasteiger partial charge in [0.05, 0.1) is 18.8 Å². The van der Waals surface area contributed by atoms with E-state index in [1.165, 1.54) is 16.8 Å². The van der Waals surface area contributed by atoms with Crippen molar-refractivity contribution in [2.45, 2.75) is 13.8 Å². The summed E-state index contributed by atoms with van der Waals surface area (Å²) in [6, 6.07) is 6.34. The number of nitrogens with one attached hydrogen (secondary N) is 1. The molecule has 4 heteroatoms. The fourth-order valence-corrected chi connectivity index (χ4v) is 2.61. The Morgan fingerprint density at radius 3 is 3.00 bits per heavy atom. The molecule has 18 heavy (non-hydrogen) atoms. The molecule has 0 fully saturated rings. The first-order valence-corrected chi connectivity index (χ1v) is 7.09. The lowest BCUT2D eigenvalue weighted by Crippen LogP contribution is -2.41. The maximum Gasteiger partial charge on any atom is 0.175 e. The minimum atomic E-state index is 0.754. The molecule has 0 saturated heterocycles. The van der Waals surface area contributed by atoms with Crippen LogP contribution in [0.4, 0.5) is 5.69 Å². The number of hydrogen-bond acceptors (Lipinski definition) is 4. The molecule has 0 aromatic heterocycles. The van der Waals surface area contributed by atoms with E-state index in [2.05, 4.69) is 54.1 Å². The Labute approximate surface area is 113 Å². The predicted octanol–water partition coefficient (Wildman–Crippen LogP) is 2.90. The Hall–Kier alpha value is -1.42. The van der Waals surface area contributed by atoms with Crippen molar-refractivity contribution in [3.05, 3.63) is 42.0 Å². The number of hydrazine groups is 1. The van der Waals surface area contributed by atoms with Crippen molar-refractivity contribution in [3.8, 4) is 0 Å². The van der Waals surface area contributed by atoms with Crippen LogP contribution in [0.3, 0.4) is 0 Å². The second-order valence-corrected chi connectivity index (χ2v) is 5.35. The van der Waals surface area contributed by atoms with Crippen molar-refractivity contribution in [3.63, 3.8) is 0 Å². The Kier molecular flexibility index (Phi) is 4.31. The van der Waals surface area contributed by atoms with Crippen LogP contribution in [-0.4, -0.2) is 24.0 Å². The Morgan fingerprint density at radius 2 is 2.33 bits per heavy atom. The van der Waals surface area contributed by atoms with E-state index < -0.39 is 0 Å². The molecule has 0 saturated carbocycles. The van der Waals surface area contributed by atoms with Crippen LogP contribution in [0.5, 0.6) is 0 Å². The van der Waals surface area contributed by atoms with Crippen LogP contribution in [0.15, 0.2) is 35.8 Å². The number of aliphatic imine (C=N–C) groups is 1. The first kappa shape index (κ1) is 13.0. The zero-order valence-corrected chi connectivity index (χ0v) is 11.8. The second kappa shape index (κ2) is 5.96. The molecule has 0 aliphatic carbocycles. The largest absolute Gasteiger partial charge is 0.282 e. The van der Waals surface area contributed by atoms with Gasteiger partial charge < -0.3 is 0 Å². The summed E-state index contributed by atoms with van der Waals surface area (Å²) in [5.74, 6) is 1.07. The quantitative estimate of drug-likeness (QED) is 0.667. The molecule has 96 valence electrons. The molecule has 2 rings (SSSR count). The van der Waals surface area contributed by atoms with Gasteiger partial charge in [-0.1, -0.05) is 30.0 Å². The maximum absolute atomic E-state index is 4.43. The molecule has 0 bridgehead atoms. The van der Waals surface area contributed by atoms with E-state index in [1.807, 2.05) is 6.08 Å². The van der Waals surface area contributed by atoms with E-state index in [-0.39, 0.29) is 0 Å². The molecule has 0 amide bonds. The third-order valence-corrected chi connectivity index (χ3v) is 3.88. The number of aryl methyl sites for hydroxylation is 1. The molecular formula is C14H19N3S. The van der Waals surface area contributed by atoms with Gasteiger partial charge in [-0.3, -0.25) is 15.4 Å². The van der Waals surface area contributed by atoms with Crippen LogP contribution in [0.2, 0.25) is 0 Å². The van der Waals surface area contributed by atoms with E-state index in [0.29, 0.717) is 0 Å². The van der Waals surface area contributed by atoms with E-state index in [0.717, 1.165) is 24.0 Å². The van der Waals surface area contributed by atoms with E-state index >= 15 is 0 Å².